The SMILES string of the molecule is c1ccc(-c2ccc3ccc4c(-c5ccccc5)cccc4c3c2)cc1. The van der Waals surface area contributed by atoms with Crippen LogP contribution in [0.5, 0.6) is 0 Å². The van der Waals surface area contributed by atoms with Gasteiger partial charge in [0.15, 0.2) is 0 Å². The molecule has 0 nitrogen and oxygen atoms in total. The Kier molecular flexibility index (Phi) is 3.54. The zero-order valence-corrected chi connectivity index (χ0v) is 14.4. The predicted octanol–water partition coefficient (Wildman–Crippen LogP) is 7.33. The molecule has 0 saturated carbocycles. The van der Waals surface area contributed by atoms with Gasteiger partial charge in [0, 0.05) is 0 Å². The summed E-state index contributed by atoms with van der Waals surface area (Å²) in [4.78, 5) is 0. The molecule has 0 bridgehead atoms. The van der Waals surface area contributed by atoms with E-state index in [0.29, 0.717) is 0 Å². The molecule has 0 heteroatoms. The van der Waals surface area contributed by atoms with Crippen LogP contribution in [0.2, 0.25) is 0 Å². The van der Waals surface area contributed by atoms with Gasteiger partial charge in [-0.25, -0.2) is 0 Å². The van der Waals surface area contributed by atoms with Crippen LogP contribution in [0.25, 0.3) is 43.8 Å². The van der Waals surface area contributed by atoms with Gasteiger partial charge in [0.2, 0.25) is 0 Å². The molecule has 0 aliphatic heterocycles. The highest BCUT2D eigenvalue weighted by Gasteiger charge is 2.07. The van der Waals surface area contributed by atoms with Crippen molar-refractivity contribution in [3.63, 3.8) is 0 Å². The van der Waals surface area contributed by atoms with Crippen molar-refractivity contribution in [2.75, 3.05) is 0 Å². The maximum Gasteiger partial charge on any atom is -0.00990 e. The average Bonchev–Trinajstić information content (AvgIpc) is 2.74. The molecule has 26 heavy (non-hydrogen) atoms. The van der Waals surface area contributed by atoms with Crippen LogP contribution in [0, 0.1) is 0 Å². The largest absolute Gasteiger partial charge is 0.0622 e. The van der Waals surface area contributed by atoms with Gasteiger partial charge in [-0.3, -0.25) is 0 Å². The van der Waals surface area contributed by atoms with Crippen LogP contribution < -0.4 is 0 Å². The van der Waals surface area contributed by atoms with Crippen LogP contribution in [0.3, 0.4) is 0 Å². The monoisotopic (exact) mass is 330 g/mol. The van der Waals surface area contributed by atoms with Crippen molar-refractivity contribution in [2.24, 2.45) is 0 Å². The average molecular weight is 330 g/mol. The summed E-state index contributed by atoms with van der Waals surface area (Å²) in [6, 6.07) is 39.1. The van der Waals surface area contributed by atoms with Gasteiger partial charge in [-0.2, -0.15) is 0 Å². The molecule has 0 amide bonds. The third kappa shape index (κ3) is 2.48. The first-order valence-corrected chi connectivity index (χ1v) is 8.96. The van der Waals surface area contributed by atoms with E-state index in [4.69, 9.17) is 0 Å². The quantitative estimate of drug-likeness (QED) is 0.297. The van der Waals surface area contributed by atoms with Crippen LogP contribution in [0.4, 0.5) is 0 Å². The van der Waals surface area contributed by atoms with E-state index in [-0.39, 0.29) is 0 Å². The Hall–Kier alpha value is -3.38. The first kappa shape index (κ1) is 14.9. The van der Waals surface area contributed by atoms with E-state index >= 15 is 0 Å². The van der Waals surface area contributed by atoms with E-state index in [1.807, 2.05) is 0 Å². The van der Waals surface area contributed by atoms with Crippen molar-refractivity contribution in [1.82, 2.24) is 0 Å². The Morgan fingerprint density at radius 2 is 1.04 bits per heavy atom. The summed E-state index contributed by atoms with van der Waals surface area (Å²) in [5.74, 6) is 0. The molecular formula is C26H18. The summed E-state index contributed by atoms with van der Waals surface area (Å²) in [6.45, 7) is 0. The molecule has 0 radical (unpaired) electrons. The van der Waals surface area contributed by atoms with Crippen LogP contribution in [0.1, 0.15) is 0 Å². The van der Waals surface area contributed by atoms with Crippen LogP contribution in [-0.4, -0.2) is 0 Å². The number of benzene rings is 5. The number of rotatable bonds is 2. The van der Waals surface area contributed by atoms with Crippen molar-refractivity contribution in [1.29, 1.82) is 0 Å². The number of hydrogen-bond donors (Lipinski definition) is 0. The molecule has 0 fully saturated rings. The zero-order valence-electron chi connectivity index (χ0n) is 14.4. The Bertz CT molecular complexity index is 1200. The molecular weight excluding hydrogens is 312 g/mol. The molecule has 5 rings (SSSR count). The van der Waals surface area contributed by atoms with Crippen LogP contribution in [0.15, 0.2) is 109 Å². The van der Waals surface area contributed by atoms with Gasteiger partial charge in [-0.1, -0.05) is 103 Å². The highest BCUT2D eigenvalue weighted by atomic mass is 14.1. The molecule has 122 valence electrons. The van der Waals surface area contributed by atoms with Gasteiger partial charge < -0.3 is 0 Å². The second kappa shape index (κ2) is 6.16. The fourth-order valence-corrected chi connectivity index (χ4v) is 3.77. The van der Waals surface area contributed by atoms with E-state index in [1.165, 1.54) is 43.8 Å². The Morgan fingerprint density at radius 1 is 0.346 bits per heavy atom. The van der Waals surface area contributed by atoms with E-state index in [2.05, 4.69) is 109 Å². The van der Waals surface area contributed by atoms with Gasteiger partial charge in [0.05, 0.1) is 0 Å². The molecule has 0 N–H and O–H groups in total. The third-order valence-corrected chi connectivity index (χ3v) is 5.07. The van der Waals surface area contributed by atoms with Crippen molar-refractivity contribution in [2.45, 2.75) is 0 Å². The van der Waals surface area contributed by atoms with Gasteiger partial charge in [-0.15, -0.1) is 0 Å². The molecule has 0 spiro atoms. The summed E-state index contributed by atoms with van der Waals surface area (Å²) >= 11 is 0. The van der Waals surface area contributed by atoms with Crippen LogP contribution in [-0.2, 0) is 0 Å². The first-order valence-electron chi connectivity index (χ1n) is 8.96. The molecule has 0 aromatic heterocycles. The van der Waals surface area contributed by atoms with Gasteiger partial charge in [0.1, 0.15) is 0 Å². The summed E-state index contributed by atoms with van der Waals surface area (Å²) in [6.07, 6.45) is 0. The maximum absolute atomic E-state index is 2.32. The summed E-state index contributed by atoms with van der Waals surface area (Å²) in [7, 11) is 0. The minimum Gasteiger partial charge on any atom is -0.0622 e. The molecule has 0 atom stereocenters. The summed E-state index contributed by atoms with van der Waals surface area (Å²) < 4.78 is 0. The predicted molar refractivity (Wildman–Crippen MR) is 112 cm³/mol. The molecule has 0 aliphatic carbocycles. The topological polar surface area (TPSA) is 0 Å². The molecule has 0 saturated heterocycles. The molecule has 5 aromatic carbocycles. The Morgan fingerprint density at radius 3 is 1.81 bits per heavy atom. The number of fused-ring (bicyclic) bond motifs is 3. The van der Waals surface area contributed by atoms with Crippen molar-refractivity contribution in [3.05, 3.63) is 109 Å². The maximum atomic E-state index is 2.32. The highest BCUT2D eigenvalue weighted by molar-refractivity contribution is 6.12. The fraction of sp³-hybridized carbons (Fsp3) is 0. The second-order valence-corrected chi connectivity index (χ2v) is 6.63. The second-order valence-electron chi connectivity index (χ2n) is 6.63. The van der Waals surface area contributed by atoms with Crippen LogP contribution >= 0.6 is 0 Å². The molecule has 5 aromatic rings. The lowest BCUT2D eigenvalue weighted by Crippen LogP contribution is -1.84. The zero-order chi connectivity index (χ0) is 17.3. The fourth-order valence-electron chi connectivity index (χ4n) is 3.77. The lowest BCUT2D eigenvalue weighted by molar-refractivity contribution is 1.64. The van der Waals surface area contributed by atoms with E-state index in [0.717, 1.165) is 0 Å². The van der Waals surface area contributed by atoms with Crippen molar-refractivity contribution >= 4 is 21.5 Å². The van der Waals surface area contributed by atoms with Gasteiger partial charge in [0.25, 0.3) is 0 Å². The number of hydrogen-bond acceptors (Lipinski definition) is 0. The van der Waals surface area contributed by atoms with E-state index in [1.54, 1.807) is 0 Å². The lowest BCUT2D eigenvalue weighted by Gasteiger charge is -2.11. The molecule has 0 aliphatic rings. The first-order chi connectivity index (χ1) is 12.9. The Labute approximate surface area is 153 Å². The molecule has 0 heterocycles. The minimum absolute atomic E-state index is 1.26. The highest BCUT2D eigenvalue weighted by Crippen LogP contribution is 2.34. The lowest BCUT2D eigenvalue weighted by atomic mass is 9.93. The standard InChI is InChI=1S/C26H18/c1-3-8-19(9-4-1)22-15-14-21-16-17-25-23(20-10-5-2-6-11-20)12-7-13-24(25)26(21)18-22/h1-18H. The van der Waals surface area contributed by atoms with Crippen molar-refractivity contribution < 1.29 is 0 Å². The van der Waals surface area contributed by atoms with Gasteiger partial charge in [-0.05, 0) is 49.9 Å². The van der Waals surface area contributed by atoms with Crippen molar-refractivity contribution in [3.8, 4) is 22.3 Å². The van der Waals surface area contributed by atoms with E-state index in [9.17, 15) is 0 Å². The summed E-state index contributed by atoms with van der Waals surface area (Å²) in [5.41, 5.74) is 5.06. The summed E-state index contributed by atoms with van der Waals surface area (Å²) in [5, 5.41) is 5.20. The van der Waals surface area contributed by atoms with E-state index < -0.39 is 0 Å². The third-order valence-electron chi connectivity index (χ3n) is 5.07. The Balaban J connectivity index is 1.79. The van der Waals surface area contributed by atoms with Gasteiger partial charge >= 0.3 is 0 Å². The molecule has 0 unspecified atom stereocenters. The normalized spacial score (nSPS) is 11.1. The smallest absolute Gasteiger partial charge is 0.00990 e. The minimum atomic E-state index is 1.26.